The van der Waals surface area contributed by atoms with E-state index >= 15 is 0 Å². The van der Waals surface area contributed by atoms with Crippen LogP contribution in [0.5, 0.6) is 0 Å². The molecule has 0 spiro atoms. The third-order valence-electron chi connectivity index (χ3n) is 21.4. The van der Waals surface area contributed by atoms with E-state index in [4.69, 9.17) is 17.2 Å². The molecular weight excluding hydrogens is 1620 g/mol. The van der Waals surface area contributed by atoms with Gasteiger partial charge >= 0.3 is 11.9 Å². The van der Waals surface area contributed by atoms with Crippen molar-refractivity contribution in [2.45, 2.75) is 214 Å². The fraction of sp³-hybridized carbons (Fsp3) is 0.532. The number of aromatic amines is 3. The number of aromatic nitrogens is 4. The van der Waals surface area contributed by atoms with E-state index in [9.17, 15) is 112 Å². The van der Waals surface area contributed by atoms with E-state index in [2.05, 4.69) is 89.1 Å². The summed E-state index contributed by atoms with van der Waals surface area (Å²) in [5.41, 5.74) is 19.2. The lowest BCUT2D eigenvalue weighted by Crippen LogP contribution is -2.62. The summed E-state index contributed by atoms with van der Waals surface area (Å²) in [5.74, 6) is -20.0. The maximum absolute atomic E-state index is 15.0. The number of aliphatic hydroxyl groups excluding tert-OH is 3. The van der Waals surface area contributed by atoms with Crippen molar-refractivity contribution in [2.24, 2.45) is 23.1 Å². The summed E-state index contributed by atoms with van der Waals surface area (Å²) in [6.07, 6.45) is 2.70. The molecule has 3 saturated heterocycles. The Bertz CT molecular complexity index is 4660. The number of carboxylic acids is 2. The Hall–Kier alpha value is -13.0. The van der Waals surface area contributed by atoms with Crippen LogP contribution >= 0.6 is 0 Å². The van der Waals surface area contributed by atoms with Gasteiger partial charge in [-0.1, -0.05) is 50.2 Å². The average molecular weight is 1740 g/mol. The van der Waals surface area contributed by atoms with Gasteiger partial charge in [0.2, 0.25) is 94.5 Å². The van der Waals surface area contributed by atoms with E-state index in [1.807, 2.05) is 0 Å². The van der Waals surface area contributed by atoms with Crippen molar-refractivity contribution < 1.29 is 112 Å². The highest BCUT2D eigenvalue weighted by atomic mass is 16.4. The largest absolute Gasteiger partial charge is 0.481 e. The van der Waals surface area contributed by atoms with Crippen molar-refractivity contribution in [3.05, 3.63) is 90.3 Å². The van der Waals surface area contributed by atoms with Gasteiger partial charge in [-0.25, -0.2) is 9.78 Å². The second-order valence-corrected chi connectivity index (χ2v) is 31.0. The number of carboxylic acid groups (broad SMARTS) is 2. The number of aliphatic carboxylic acids is 2. The molecule has 3 aromatic heterocycles. The second-order valence-electron chi connectivity index (χ2n) is 31.0. The Balaban J connectivity index is 0.938. The number of likely N-dealkylation sites (tertiary alicyclic amines) is 2. The van der Waals surface area contributed by atoms with Gasteiger partial charge < -0.3 is 137 Å². The SMILES string of the molecule is CC(C)[C@H](NC(=O)[C@H](CO)NC(=O)[C@H](CCCCN)NC(=O)[C@H](CCC(N)=O)NC(=O)[C@@H]1CCCN1C(=O)[C@H](Cc1c[nH]c2ccccc12)NC(=O)[C@@H](NC(=O)[C@@H]1CCCN1)[C@@H](C)O)C(=O)N[C@@H](Cc1c[nH]c2ccccc12)C(=O)N[C@@H](Cc1cnc[nH]1)C(=O)NCC(=O)N[C@@H](CO)C(=O)N[C@@H](CC(=O)O)C(=O)N1CCC[C@H]1C(=O)N[C@@H](CC(N)=O)C(=O)O. The summed E-state index contributed by atoms with van der Waals surface area (Å²) in [6, 6.07) is -7.68. The lowest BCUT2D eigenvalue weighted by atomic mass is 9.99. The van der Waals surface area contributed by atoms with Crippen molar-refractivity contribution in [2.75, 3.05) is 45.9 Å². The van der Waals surface area contributed by atoms with E-state index in [0.29, 0.717) is 58.7 Å². The number of benzene rings is 2. The molecular formula is C79H110N22O23. The van der Waals surface area contributed by atoms with Gasteiger partial charge in [0, 0.05) is 84.9 Å². The molecule has 674 valence electrons. The van der Waals surface area contributed by atoms with E-state index in [-0.39, 0.29) is 83.1 Å². The summed E-state index contributed by atoms with van der Waals surface area (Å²) < 4.78 is 0. The summed E-state index contributed by atoms with van der Waals surface area (Å²) in [4.78, 5) is 262. The maximum Gasteiger partial charge on any atom is 0.326 e. The molecule has 15 atom stereocenters. The topological polar surface area (TPSA) is 710 Å². The molecule has 16 amide bonds. The summed E-state index contributed by atoms with van der Waals surface area (Å²) in [7, 11) is 0. The van der Waals surface area contributed by atoms with Crippen LogP contribution in [0.2, 0.25) is 0 Å². The minimum absolute atomic E-state index is 0.0103. The zero-order chi connectivity index (χ0) is 90.6. The summed E-state index contributed by atoms with van der Waals surface area (Å²) >= 11 is 0. The van der Waals surface area contributed by atoms with Crippen molar-refractivity contribution in [3.8, 4) is 0 Å². The number of para-hydroxylation sites is 2. The third kappa shape index (κ3) is 27.2. The number of carbonyl (C=O) groups excluding carboxylic acids is 16. The Morgan fingerprint density at radius 1 is 0.500 bits per heavy atom. The van der Waals surface area contributed by atoms with Crippen LogP contribution in [0, 0.1) is 5.92 Å². The second kappa shape index (κ2) is 46.3. The number of nitrogens with zero attached hydrogens (tertiary/aromatic N) is 3. The lowest BCUT2D eigenvalue weighted by molar-refractivity contribution is -0.147. The highest BCUT2D eigenvalue weighted by Gasteiger charge is 2.44. The number of imidazole rings is 1. The molecule has 8 rings (SSSR count). The molecule has 5 aromatic rings. The minimum atomic E-state index is -1.94. The molecule has 2 aromatic carbocycles. The van der Waals surface area contributed by atoms with E-state index in [1.165, 1.54) is 38.2 Å². The number of hydrogen-bond acceptors (Lipinski definition) is 24. The molecule has 3 aliphatic rings. The van der Waals surface area contributed by atoms with E-state index in [0.717, 1.165) is 4.90 Å². The van der Waals surface area contributed by atoms with Crippen LogP contribution in [0.1, 0.15) is 121 Å². The Morgan fingerprint density at radius 2 is 1.00 bits per heavy atom. The number of rotatable bonds is 48. The number of fused-ring (bicyclic) bond motifs is 2. The quantitative estimate of drug-likeness (QED) is 0.0161. The van der Waals surface area contributed by atoms with Crippen molar-refractivity contribution in [1.29, 1.82) is 0 Å². The normalized spacial score (nSPS) is 17.9. The number of carbonyl (C=O) groups is 18. The molecule has 3 aliphatic heterocycles. The molecule has 6 heterocycles. The van der Waals surface area contributed by atoms with Crippen LogP contribution < -0.4 is 86.3 Å². The maximum atomic E-state index is 15.0. The standard InChI is InChI=1S/C79H110N22O23/c1-39(2)64(75(119)93-51(27-41-32-85-46-15-6-4-13-44(41)46)70(114)92-52(29-43-34-83-38-88-43)66(110)87-35-62(107)89-56(36-102)71(115)94-54(31-63(108)109)78(122)101-26-12-20-59(101)74(118)96-55(79(123)124)30-61(82)106)98-72(116)57(37-103)97-68(112)49(17-8-9-23-80)90-69(113)50(21-22-60(81)105)91-73(117)58-19-11-25-100(58)77(121)53(28-42-33-86-47-16-7-5-14-45(42)47)95-76(120)65(40(3)104)99-67(111)48-18-10-24-84-48/h4-7,13-16,32-34,38-40,48-59,64-65,84-86,102-104H,8-12,17-31,35-37,80H2,1-3H3,(H2,81,105)(H2,82,106)(H,83,88)(H,87,110)(H,89,107)(H,90,113)(H,91,117)(H,92,114)(H,93,119)(H,94,115)(H,95,120)(H,96,118)(H,97,112)(H,98,116)(H,99,111)(H,108,109)(H,123,124)/t40-,48+,49+,50+,51+,52+,53+,54+,55+,56+,57+,58+,59+,64+,65+/m1/s1. The van der Waals surface area contributed by atoms with Crippen LogP contribution in [0.4, 0.5) is 0 Å². The molecule has 0 saturated carbocycles. The molecule has 124 heavy (non-hydrogen) atoms. The number of nitrogens with two attached hydrogens (primary N) is 3. The Kier molecular flexibility index (Phi) is 36.0. The number of hydrogen-bond donors (Lipinski definition) is 24. The van der Waals surface area contributed by atoms with E-state index < -0.39 is 249 Å². The smallest absolute Gasteiger partial charge is 0.326 e. The molecule has 0 aliphatic carbocycles. The number of aliphatic hydroxyl groups is 3. The van der Waals surface area contributed by atoms with Crippen LogP contribution in [0.15, 0.2) is 73.4 Å². The fourth-order valence-corrected chi connectivity index (χ4v) is 14.8. The minimum Gasteiger partial charge on any atom is -0.481 e. The number of unbranched alkanes of at least 4 members (excludes halogenated alkanes) is 1. The molecule has 0 unspecified atom stereocenters. The van der Waals surface area contributed by atoms with Crippen molar-refractivity contribution >= 4 is 128 Å². The highest BCUT2D eigenvalue weighted by Crippen LogP contribution is 2.26. The fourth-order valence-electron chi connectivity index (χ4n) is 14.8. The number of amides is 16. The Morgan fingerprint density at radius 3 is 1.53 bits per heavy atom. The van der Waals surface area contributed by atoms with Gasteiger partial charge in [-0.2, -0.15) is 0 Å². The first kappa shape index (κ1) is 96.4. The first-order chi connectivity index (χ1) is 59.1. The van der Waals surface area contributed by atoms with Crippen LogP contribution in [0.3, 0.4) is 0 Å². The molecule has 0 radical (unpaired) electrons. The number of H-pyrrole nitrogens is 3. The number of nitrogens with one attached hydrogen (secondary N) is 16. The van der Waals surface area contributed by atoms with Gasteiger partial charge in [0.25, 0.3) is 0 Å². The lowest BCUT2D eigenvalue weighted by Gasteiger charge is -2.31. The summed E-state index contributed by atoms with van der Waals surface area (Å²) in [5, 5.41) is 85.0. The van der Waals surface area contributed by atoms with E-state index in [1.54, 1.807) is 60.9 Å². The van der Waals surface area contributed by atoms with Crippen molar-refractivity contribution in [3.63, 3.8) is 0 Å². The van der Waals surface area contributed by atoms with Gasteiger partial charge in [-0.3, -0.25) is 81.5 Å². The molecule has 0 bridgehead atoms. The van der Waals surface area contributed by atoms with Gasteiger partial charge in [0.1, 0.15) is 78.5 Å². The monoisotopic (exact) mass is 1730 g/mol. The van der Waals surface area contributed by atoms with Gasteiger partial charge in [0.05, 0.1) is 51.1 Å². The van der Waals surface area contributed by atoms with Crippen molar-refractivity contribution in [1.82, 2.24) is 98.9 Å². The third-order valence-corrected chi connectivity index (χ3v) is 21.4. The zero-order valence-corrected chi connectivity index (χ0v) is 68.6. The van der Waals surface area contributed by atoms with Crippen LogP contribution in [-0.2, 0) is 106 Å². The van der Waals surface area contributed by atoms with Gasteiger partial charge in [-0.05, 0) is 113 Å². The molecule has 45 heteroatoms. The predicted octanol–water partition coefficient (Wildman–Crippen LogP) is -7.57. The van der Waals surface area contributed by atoms with Gasteiger partial charge in [0.15, 0.2) is 0 Å². The molecule has 45 nitrogen and oxygen atoms in total. The number of primary amides is 2. The Labute approximate surface area is 709 Å². The zero-order valence-electron chi connectivity index (χ0n) is 68.6. The van der Waals surface area contributed by atoms with Gasteiger partial charge in [-0.15, -0.1) is 0 Å². The summed E-state index contributed by atoms with van der Waals surface area (Å²) in [6.45, 7) is 1.60. The first-order valence-electron chi connectivity index (χ1n) is 40.7. The highest BCUT2D eigenvalue weighted by molar-refractivity contribution is 6.02. The average Bonchev–Trinajstić information content (AvgIpc) is 1.65. The first-order valence-corrected chi connectivity index (χ1v) is 40.7. The van der Waals surface area contributed by atoms with Crippen LogP contribution in [0.25, 0.3) is 21.8 Å². The van der Waals surface area contributed by atoms with Crippen LogP contribution in [-0.4, -0.2) is 298 Å². The molecule has 3 fully saturated rings. The molecule has 27 N–H and O–H groups in total. The predicted molar refractivity (Wildman–Crippen MR) is 437 cm³/mol.